The third-order valence-electron chi connectivity index (χ3n) is 4.35. The second-order valence-corrected chi connectivity index (χ2v) is 7.10. The van der Waals surface area contributed by atoms with Crippen molar-refractivity contribution >= 4 is 33.8 Å². The van der Waals surface area contributed by atoms with Crippen molar-refractivity contribution in [2.45, 2.75) is 0 Å². The standard InChI is InChI=1S/C23H15BrO5/c1-27-16-7-4-6-15(11-16)23(26)28-17-9-10-18-20(13-17)29-21(22(18)25)12-14-5-2-3-8-19(14)24/h2-13H,1H3/b21-12-. The summed E-state index contributed by atoms with van der Waals surface area (Å²) in [7, 11) is 1.53. The number of fused-ring (bicyclic) bond motifs is 1. The van der Waals surface area contributed by atoms with Gasteiger partial charge in [0, 0.05) is 10.5 Å². The van der Waals surface area contributed by atoms with Crippen LogP contribution in [0.3, 0.4) is 0 Å². The Hall–Kier alpha value is -3.38. The van der Waals surface area contributed by atoms with Crippen molar-refractivity contribution in [3.8, 4) is 17.2 Å². The topological polar surface area (TPSA) is 61.8 Å². The minimum absolute atomic E-state index is 0.211. The van der Waals surface area contributed by atoms with Gasteiger partial charge in [-0.15, -0.1) is 0 Å². The van der Waals surface area contributed by atoms with Crippen molar-refractivity contribution in [3.05, 3.63) is 93.7 Å². The first-order valence-corrected chi connectivity index (χ1v) is 9.53. The Morgan fingerprint density at radius 3 is 2.62 bits per heavy atom. The molecule has 0 fully saturated rings. The number of esters is 1. The number of hydrogen-bond donors (Lipinski definition) is 0. The fraction of sp³-hybridized carbons (Fsp3) is 0.0435. The number of benzene rings is 3. The molecule has 1 heterocycles. The highest BCUT2D eigenvalue weighted by Gasteiger charge is 2.28. The van der Waals surface area contributed by atoms with Gasteiger partial charge in [0.1, 0.15) is 17.2 Å². The van der Waals surface area contributed by atoms with E-state index in [4.69, 9.17) is 14.2 Å². The summed E-state index contributed by atoms with van der Waals surface area (Å²) in [6.07, 6.45) is 1.67. The number of ether oxygens (including phenoxy) is 3. The Morgan fingerprint density at radius 1 is 1.00 bits per heavy atom. The third kappa shape index (κ3) is 3.93. The van der Waals surface area contributed by atoms with Crippen molar-refractivity contribution in [2.75, 3.05) is 7.11 Å². The largest absolute Gasteiger partial charge is 0.497 e. The van der Waals surface area contributed by atoms with Crippen molar-refractivity contribution in [3.63, 3.8) is 0 Å². The molecule has 0 bridgehead atoms. The van der Waals surface area contributed by atoms with Gasteiger partial charge in [-0.25, -0.2) is 4.79 Å². The number of ketones is 1. The number of allylic oxidation sites excluding steroid dienone is 1. The van der Waals surface area contributed by atoms with Gasteiger partial charge in [-0.3, -0.25) is 4.79 Å². The summed E-state index contributed by atoms with van der Waals surface area (Å²) in [4.78, 5) is 25.0. The van der Waals surface area contributed by atoms with Crippen LogP contribution in [0.5, 0.6) is 17.2 Å². The lowest BCUT2D eigenvalue weighted by Crippen LogP contribution is -2.08. The van der Waals surface area contributed by atoms with Gasteiger partial charge >= 0.3 is 5.97 Å². The molecule has 6 heteroatoms. The lowest BCUT2D eigenvalue weighted by molar-refractivity contribution is 0.0734. The van der Waals surface area contributed by atoms with Gasteiger partial charge in [-0.05, 0) is 48.0 Å². The second-order valence-electron chi connectivity index (χ2n) is 6.24. The highest BCUT2D eigenvalue weighted by atomic mass is 79.9. The van der Waals surface area contributed by atoms with E-state index in [9.17, 15) is 9.59 Å². The number of carbonyl (C=O) groups excluding carboxylic acids is 2. The number of rotatable bonds is 4. The van der Waals surface area contributed by atoms with E-state index in [2.05, 4.69) is 15.9 Å². The van der Waals surface area contributed by atoms with E-state index >= 15 is 0 Å². The van der Waals surface area contributed by atoms with Gasteiger partial charge in [-0.1, -0.05) is 40.2 Å². The second kappa shape index (κ2) is 7.93. The van der Waals surface area contributed by atoms with Crippen LogP contribution in [0.4, 0.5) is 0 Å². The van der Waals surface area contributed by atoms with Crippen molar-refractivity contribution in [1.82, 2.24) is 0 Å². The third-order valence-corrected chi connectivity index (χ3v) is 5.07. The molecule has 0 saturated heterocycles. The Balaban J connectivity index is 1.56. The number of methoxy groups -OCH3 is 1. The smallest absolute Gasteiger partial charge is 0.343 e. The van der Waals surface area contributed by atoms with E-state index in [1.807, 2.05) is 24.3 Å². The summed E-state index contributed by atoms with van der Waals surface area (Å²) >= 11 is 3.45. The van der Waals surface area contributed by atoms with E-state index in [1.165, 1.54) is 13.2 Å². The average Bonchev–Trinajstić information content (AvgIpc) is 3.04. The van der Waals surface area contributed by atoms with Crippen LogP contribution in [0.25, 0.3) is 6.08 Å². The summed E-state index contributed by atoms with van der Waals surface area (Å²) in [5.41, 5.74) is 1.61. The lowest BCUT2D eigenvalue weighted by Gasteiger charge is -2.07. The monoisotopic (exact) mass is 450 g/mol. The molecule has 144 valence electrons. The Kier molecular flexibility index (Phi) is 5.18. The molecule has 0 aliphatic carbocycles. The summed E-state index contributed by atoms with van der Waals surface area (Å²) in [6, 6.07) is 18.9. The molecule has 0 spiro atoms. The van der Waals surface area contributed by atoms with Gasteiger partial charge in [0.25, 0.3) is 0 Å². The van der Waals surface area contributed by atoms with Crippen LogP contribution in [-0.2, 0) is 0 Å². The molecule has 3 aromatic rings. The van der Waals surface area contributed by atoms with Crippen LogP contribution in [-0.4, -0.2) is 18.9 Å². The van der Waals surface area contributed by atoms with Crippen molar-refractivity contribution in [2.24, 2.45) is 0 Å². The van der Waals surface area contributed by atoms with Gasteiger partial charge in [0.05, 0.1) is 18.2 Å². The first-order chi connectivity index (χ1) is 14.0. The summed E-state index contributed by atoms with van der Waals surface area (Å²) in [5.74, 6) is 0.654. The lowest BCUT2D eigenvalue weighted by atomic mass is 10.1. The van der Waals surface area contributed by atoms with Gasteiger partial charge in [-0.2, -0.15) is 0 Å². The zero-order valence-electron chi connectivity index (χ0n) is 15.3. The molecule has 0 aromatic heterocycles. The van der Waals surface area contributed by atoms with E-state index in [1.54, 1.807) is 42.5 Å². The van der Waals surface area contributed by atoms with E-state index in [-0.39, 0.29) is 17.3 Å². The molecular formula is C23H15BrO5. The van der Waals surface area contributed by atoms with Crippen LogP contribution in [0, 0.1) is 0 Å². The normalized spacial score (nSPS) is 13.7. The molecule has 0 unspecified atom stereocenters. The van der Waals surface area contributed by atoms with E-state index in [0.717, 1.165) is 10.0 Å². The first kappa shape index (κ1) is 19.0. The molecule has 3 aromatic carbocycles. The Morgan fingerprint density at radius 2 is 1.83 bits per heavy atom. The first-order valence-electron chi connectivity index (χ1n) is 8.74. The molecule has 4 rings (SSSR count). The Bertz CT molecular complexity index is 1150. The van der Waals surface area contributed by atoms with Crippen LogP contribution in [0.2, 0.25) is 0 Å². The predicted molar refractivity (Wildman–Crippen MR) is 111 cm³/mol. The van der Waals surface area contributed by atoms with Crippen molar-refractivity contribution < 1.29 is 23.8 Å². The molecular weight excluding hydrogens is 436 g/mol. The van der Waals surface area contributed by atoms with E-state index < -0.39 is 5.97 Å². The molecule has 0 atom stereocenters. The predicted octanol–water partition coefficient (Wildman–Crippen LogP) is 5.29. The number of Topliss-reactive ketones (excluding diaryl/α,β-unsaturated/α-hetero) is 1. The fourth-order valence-electron chi connectivity index (χ4n) is 2.88. The molecule has 1 aliphatic rings. The quantitative estimate of drug-likeness (QED) is 0.306. The van der Waals surface area contributed by atoms with Gasteiger partial charge < -0.3 is 14.2 Å². The summed E-state index contributed by atoms with van der Waals surface area (Å²) < 4.78 is 17.1. The van der Waals surface area contributed by atoms with Crippen molar-refractivity contribution in [1.29, 1.82) is 0 Å². The molecule has 0 N–H and O–H groups in total. The maximum Gasteiger partial charge on any atom is 0.343 e. The molecule has 0 saturated carbocycles. The zero-order valence-corrected chi connectivity index (χ0v) is 16.9. The SMILES string of the molecule is COc1cccc(C(=O)Oc2ccc3c(c2)O/C(=C\c2ccccc2Br)C3=O)c1. The van der Waals surface area contributed by atoms with Crippen LogP contribution >= 0.6 is 15.9 Å². The molecule has 29 heavy (non-hydrogen) atoms. The number of halogens is 1. The van der Waals surface area contributed by atoms with Crippen LogP contribution in [0.15, 0.2) is 77.0 Å². The summed E-state index contributed by atoms with van der Waals surface area (Å²) in [5, 5.41) is 0. The minimum Gasteiger partial charge on any atom is -0.497 e. The maximum atomic E-state index is 12.6. The van der Waals surface area contributed by atoms with Crippen LogP contribution < -0.4 is 14.2 Å². The van der Waals surface area contributed by atoms with E-state index in [0.29, 0.717) is 22.6 Å². The highest BCUT2D eigenvalue weighted by Crippen LogP contribution is 2.35. The summed E-state index contributed by atoms with van der Waals surface area (Å²) in [6.45, 7) is 0. The number of carbonyl (C=O) groups is 2. The molecule has 5 nitrogen and oxygen atoms in total. The van der Waals surface area contributed by atoms with Gasteiger partial charge in [0.2, 0.25) is 5.78 Å². The molecule has 0 amide bonds. The molecule has 1 aliphatic heterocycles. The van der Waals surface area contributed by atoms with Crippen LogP contribution in [0.1, 0.15) is 26.3 Å². The average molecular weight is 451 g/mol. The minimum atomic E-state index is -0.530. The highest BCUT2D eigenvalue weighted by molar-refractivity contribution is 9.10. The Labute approximate surface area is 175 Å². The maximum absolute atomic E-state index is 12.6. The zero-order chi connectivity index (χ0) is 20.4. The van der Waals surface area contributed by atoms with Gasteiger partial charge in [0.15, 0.2) is 5.76 Å². The number of hydrogen-bond acceptors (Lipinski definition) is 5. The molecule has 0 radical (unpaired) electrons. The fourth-order valence-corrected chi connectivity index (χ4v) is 3.28.